The van der Waals surface area contributed by atoms with Crippen LogP contribution in [0.15, 0.2) is 48.6 Å². The molecule has 0 bridgehead atoms. The van der Waals surface area contributed by atoms with Crippen molar-refractivity contribution < 1.29 is 0 Å². The van der Waals surface area contributed by atoms with E-state index >= 15 is 0 Å². The van der Waals surface area contributed by atoms with Crippen molar-refractivity contribution in [3.63, 3.8) is 0 Å². The quantitative estimate of drug-likeness (QED) is 0.650. The molecule has 0 aliphatic heterocycles. The van der Waals surface area contributed by atoms with Gasteiger partial charge in [0, 0.05) is 0 Å². The molecule has 0 N–H and O–H groups in total. The number of allylic oxidation sites excluding steroid dienone is 4. The van der Waals surface area contributed by atoms with Crippen molar-refractivity contribution in [2.24, 2.45) is 5.92 Å². The third-order valence-corrected chi connectivity index (χ3v) is 2.87. The summed E-state index contributed by atoms with van der Waals surface area (Å²) in [7, 11) is 0. The Balaban J connectivity index is 2.32. The first-order valence-corrected chi connectivity index (χ1v) is 5.34. The van der Waals surface area contributed by atoms with Crippen LogP contribution in [-0.2, 0) is 0 Å². The van der Waals surface area contributed by atoms with Crippen molar-refractivity contribution >= 4 is 5.57 Å². The molecule has 2 rings (SSSR count). The predicted octanol–water partition coefficient (Wildman–Crippen LogP) is 4.06. The van der Waals surface area contributed by atoms with Crippen LogP contribution in [0.5, 0.6) is 0 Å². The zero-order chi connectivity index (χ0) is 9.80. The SMILES string of the molecule is CCC1CC=CC=C1c1ccccc1. The Morgan fingerprint density at radius 3 is 2.71 bits per heavy atom. The Kier molecular flexibility index (Phi) is 2.83. The highest BCUT2D eigenvalue weighted by Crippen LogP contribution is 2.31. The van der Waals surface area contributed by atoms with E-state index in [1.165, 1.54) is 24.0 Å². The smallest absolute Gasteiger partial charge is 0.0124 e. The molecule has 0 heterocycles. The van der Waals surface area contributed by atoms with Crippen LogP contribution in [0.4, 0.5) is 0 Å². The van der Waals surface area contributed by atoms with Gasteiger partial charge < -0.3 is 0 Å². The molecule has 1 aliphatic rings. The van der Waals surface area contributed by atoms with Gasteiger partial charge >= 0.3 is 0 Å². The van der Waals surface area contributed by atoms with Gasteiger partial charge in [0.15, 0.2) is 0 Å². The second kappa shape index (κ2) is 4.28. The predicted molar refractivity (Wildman–Crippen MR) is 62.0 cm³/mol. The molecule has 0 spiro atoms. The van der Waals surface area contributed by atoms with Gasteiger partial charge in [-0.2, -0.15) is 0 Å². The maximum absolute atomic E-state index is 2.26. The van der Waals surface area contributed by atoms with Gasteiger partial charge in [0.05, 0.1) is 0 Å². The van der Waals surface area contributed by atoms with Gasteiger partial charge in [-0.1, -0.05) is 55.5 Å². The van der Waals surface area contributed by atoms with Crippen molar-refractivity contribution in [3.8, 4) is 0 Å². The topological polar surface area (TPSA) is 0 Å². The summed E-state index contributed by atoms with van der Waals surface area (Å²) >= 11 is 0. The lowest BCUT2D eigenvalue weighted by Gasteiger charge is -2.20. The number of rotatable bonds is 2. The third-order valence-electron chi connectivity index (χ3n) is 2.87. The summed E-state index contributed by atoms with van der Waals surface area (Å²) in [6, 6.07) is 10.7. The Morgan fingerprint density at radius 1 is 1.21 bits per heavy atom. The van der Waals surface area contributed by atoms with Crippen molar-refractivity contribution in [1.29, 1.82) is 0 Å². The summed E-state index contributed by atoms with van der Waals surface area (Å²) in [5.74, 6) is 0.711. The second-order valence-electron chi connectivity index (χ2n) is 3.76. The molecular formula is C14H16. The lowest BCUT2D eigenvalue weighted by molar-refractivity contribution is 0.652. The van der Waals surface area contributed by atoms with Crippen LogP contribution in [-0.4, -0.2) is 0 Å². The molecule has 0 amide bonds. The van der Waals surface area contributed by atoms with Gasteiger partial charge in [-0.15, -0.1) is 0 Å². The van der Waals surface area contributed by atoms with Crippen LogP contribution < -0.4 is 0 Å². The highest BCUT2D eigenvalue weighted by molar-refractivity contribution is 5.69. The molecule has 72 valence electrons. The number of hydrogen-bond donors (Lipinski definition) is 0. The summed E-state index contributed by atoms with van der Waals surface area (Å²) in [5, 5.41) is 0. The molecule has 0 nitrogen and oxygen atoms in total. The molecule has 0 saturated heterocycles. The lowest BCUT2D eigenvalue weighted by Crippen LogP contribution is -2.03. The molecule has 0 heteroatoms. The second-order valence-corrected chi connectivity index (χ2v) is 3.76. The van der Waals surface area contributed by atoms with E-state index in [0.29, 0.717) is 5.92 Å². The van der Waals surface area contributed by atoms with Gasteiger partial charge in [0.1, 0.15) is 0 Å². The van der Waals surface area contributed by atoms with Gasteiger partial charge in [-0.25, -0.2) is 0 Å². The Labute approximate surface area is 86.0 Å². The molecule has 0 fully saturated rings. The van der Waals surface area contributed by atoms with Crippen LogP contribution in [0.25, 0.3) is 5.57 Å². The van der Waals surface area contributed by atoms with Crippen LogP contribution >= 0.6 is 0 Å². The van der Waals surface area contributed by atoms with Crippen molar-refractivity contribution in [3.05, 3.63) is 54.1 Å². The molecule has 1 atom stereocenters. The summed E-state index contributed by atoms with van der Waals surface area (Å²) in [4.78, 5) is 0. The van der Waals surface area contributed by atoms with Crippen LogP contribution in [0.3, 0.4) is 0 Å². The summed E-state index contributed by atoms with van der Waals surface area (Å²) in [5.41, 5.74) is 2.87. The Morgan fingerprint density at radius 2 is 2.00 bits per heavy atom. The fourth-order valence-corrected chi connectivity index (χ4v) is 2.03. The minimum absolute atomic E-state index is 0.711. The zero-order valence-electron chi connectivity index (χ0n) is 8.61. The largest absolute Gasteiger partial charge is 0.0839 e. The van der Waals surface area contributed by atoms with E-state index in [2.05, 4.69) is 55.5 Å². The van der Waals surface area contributed by atoms with Crippen molar-refractivity contribution in [2.45, 2.75) is 19.8 Å². The summed E-state index contributed by atoms with van der Waals surface area (Å²) in [6.07, 6.45) is 9.12. The first kappa shape index (κ1) is 9.26. The fourth-order valence-electron chi connectivity index (χ4n) is 2.03. The zero-order valence-corrected chi connectivity index (χ0v) is 8.61. The monoisotopic (exact) mass is 184 g/mol. The normalized spacial score (nSPS) is 20.6. The molecule has 14 heavy (non-hydrogen) atoms. The van der Waals surface area contributed by atoms with E-state index in [0.717, 1.165) is 0 Å². The standard InChI is InChI=1S/C14H16/c1-2-12-8-6-7-11-14(12)13-9-4-3-5-10-13/h3-7,9-12H,2,8H2,1H3. The molecule has 1 aromatic rings. The average Bonchev–Trinajstić information content (AvgIpc) is 2.30. The molecule has 1 aliphatic carbocycles. The summed E-state index contributed by atoms with van der Waals surface area (Å²) in [6.45, 7) is 2.26. The minimum Gasteiger partial charge on any atom is -0.0839 e. The van der Waals surface area contributed by atoms with E-state index in [4.69, 9.17) is 0 Å². The van der Waals surface area contributed by atoms with Crippen LogP contribution in [0.1, 0.15) is 25.3 Å². The van der Waals surface area contributed by atoms with E-state index in [9.17, 15) is 0 Å². The third kappa shape index (κ3) is 1.79. The van der Waals surface area contributed by atoms with E-state index in [-0.39, 0.29) is 0 Å². The molecule has 1 unspecified atom stereocenters. The molecule has 0 radical (unpaired) electrons. The van der Waals surface area contributed by atoms with E-state index in [1.807, 2.05) is 0 Å². The molecular weight excluding hydrogens is 168 g/mol. The van der Waals surface area contributed by atoms with Crippen LogP contribution in [0, 0.1) is 5.92 Å². The first-order chi connectivity index (χ1) is 6.92. The first-order valence-electron chi connectivity index (χ1n) is 5.34. The molecule has 0 saturated carbocycles. The molecule has 1 aromatic carbocycles. The fraction of sp³-hybridized carbons (Fsp3) is 0.286. The van der Waals surface area contributed by atoms with Gasteiger partial charge in [0.25, 0.3) is 0 Å². The van der Waals surface area contributed by atoms with Gasteiger partial charge in [-0.05, 0) is 29.9 Å². The maximum atomic E-state index is 2.26. The average molecular weight is 184 g/mol. The summed E-state index contributed by atoms with van der Waals surface area (Å²) < 4.78 is 0. The van der Waals surface area contributed by atoms with Gasteiger partial charge in [-0.3, -0.25) is 0 Å². The Bertz CT molecular complexity index is 344. The van der Waals surface area contributed by atoms with E-state index in [1.54, 1.807) is 0 Å². The van der Waals surface area contributed by atoms with Gasteiger partial charge in [0.2, 0.25) is 0 Å². The minimum atomic E-state index is 0.711. The van der Waals surface area contributed by atoms with Crippen molar-refractivity contribution in [1.82, 2.24) is 0 Å². The highest BCUT2D eigenvalue weighted by Gasteiger charge is 2.13. The number of benzene rings is 1. The number of hydrogen-bond acceptors (Lipinski definition) is 0. The Hall–Kier alpha value is -1.30. The maximum Gasteiger partial charge on any atom is -0.0124 e. The van der Waals surface area contributed by atoms with E-state index < -0.39 is 0 Å². The highest BCUT2D eigenvalue weighted by atomic mass is 14.2. The van der Waals surface area contributed by atoms with Crippen LogP contribution in [0.2, 0.25) is 0 Å². The van der Waals surface area contributed by atoms with Crippen molar-refractivity contribution in [2.75, 3.05) is 0 Å². The lowest BCUT2D eigenvalue weighted by atomic mass is 9.85. The molecule has 0 aromatic heterocycles.